The number of benzene rings is 2. The van der Waals surface area contributed by atoms with E-state index in [9.17, 15) is 19.5 Å². The van der Waals surface area contributed by atoms with Gasteiger partial charge in [0.25, 0.3) is 0 Å². The van der Waals surface area contributed by atoms with Crippen molar-refractivity contribution >= 4 is 29.7 Å². The Labute approximate surface area is 197 Å². The van der Waals surface area contributed by atoms with Crippen molar-refractivity contribution < 1.29 is 24.2 Å². The van der Waals surface area contributed by atoms with E-state index in [0.29, 0.717) is 12.2 Å². The van der Waals surface area contributed by atoms with Crippen LogP contribution in [0.15, 0.2) is 48.5 Å². The summed E-state index contributed by atoms with van der Waals surface area (Å²) in [6, 6.07) is 15.5. The number of carboxylic acids is 1. The maximum atomic E-state index is 12.9. The molecule has 2 aromatic carbocycles. The molecule has 2 amide bonds. The zero-order valence-corrected chi connectivity index (χ0v) is 19.6. The van der Waals surface area contributed by atoms with Crippen molar-refractivity contribution in [2.45, 2.75) is 25.3 Å². The molecule has 1 aliphatic heterocycles. The van der Waals surface area contributed by atoms with Crippen LogP contribution in [0.3, 0.4) is 0 Å². The minimum atomic E-state index is -0.927. The van der Waals surface area contributed by atoms with Crippen LogP contribution in [0.5, 0.6) is 0 Å². The number of fused-ring (bicyclic) bond motifs is 3. The van der Waals surface area contributed by atoms with Crippen LogP contribution >= 0.6 is 11.8 Å². The number of nitrogens with zero attached hydrogens (tertiary/aromatic N) is 1. The zero-order chi connectivity index (χ0) is 23.6. The molecule has 1 saturated heterocycles. The predicted molar refractivity (Wildman–Crippen MR) is 127 cm³/mol. The van der Waals surface area contributed by atoms with E-state index in [2.05, 4.69) is 29.6 Å². The third-order valence-corrected chi connectivity index (χ3v) is 7.10. The van der Waals surface area contributed by atoms with Gasteiger partial charge in [-0.15, -0.1) is 0 Å². The molecule has 1 aliphatic carbocycles. The van der Waals surface area contributed by atoms with E-state index in [1.165, 1.54) is 4.90 Å². The highest BCUT2D eigenvalue weighted by atomic mass is 32.2. The first kappa shape index (κ1) is 23.2. The second-order valence-corrected chi connectivity index (χ2v) is 9.85. The Morgan fingerprint density at radius 1 is 1.12 bits per heavy atom. The fourth-order valence-corrected chi connectivity index (χ4v) is 5.05. The van der Waals surface area contributed by atoms with Gasteiger partial charge in [-0.25, -0.2) is 4.79 Å². The monoisotopic (exact) mass is 468 g/mol. The first-order valence-electron chi connectivity index (χ1n) is 11.0. The fraction of sp³-hybridized carbons (Fsp3) is 0.400. The van der Waals surface area contributed by atoms with Crippen LogP contribution < -0.4 is 5.32 Å². The maximum absolute atomic E-state index is 12.9. The Kier molecular flexibility index (Phi) is 6.65. The minimum absolute atomic E-state index is 0.0600. The van der Waals surface area contributed by atoms with Gasteiger partial charge in [0.15, 0.2) is 0 Å². The van der Waals surface area contributed by atoms with Crippen molar-refractivity contribution in [1.29, 1.82) is 0 Å². The quantitative estimate of drug-likeness (QED) is 0.615. The molecule has 4 rings (SSSR count). The SMILES string of the molecule is CSCC[C@H](NC(=O)OCC1c2ccccc2-c2ccccc21)C(=O)N1CC(C)(C(=O)O)C1. The molecule has 0 unspecified atom stereocenters. The number of likely N-dealkylation sites (tertiary alicyclic amines) is 1. The molecule has 1 heterocycles. The Balaban J connectivity index is 1.39. The van der Waals surface area contributed by atoms with E-state index in [1.54, 1.807) is 18.7 Å². The Bertz CT molecular complexity index is 1020. The number of carboxylic acid groups (broad SMARTS) is 1. The number of alkyl carbamates (subject to hydrolysis) is 1. The summed E-state index contributed by atoms with van der Waals surface area (Å²) in [5.74, 6) is -0.562. The number of rotatable bonds is 8. The molecule has 2 N–H and O–H groups in total. The standard InChI is InChI=1S/C25H28N2O5S/c1-25(23(29)30)14-27(15-25)22(28)21(11-12-33-2)26-24(31)32-13-20-18-9-5-3-7-16(18)17-8-4-6-10-19(17)20/h3-10,20-21H,11-15H2,1-2H3,(H,26,31)(H,29,30)/t21-/m0/s1. The summed E-state index contributed by atoms with van der Waals surface area (Å²) < 4.78 is 5.59. The molecule has 2 aliphatic rings. The van der Waals surface area contributed by atoms with Gasteiger partial charge in [-0.05, 0) is 47.6 Å². The molecular formula is C25H28N2O5S. The lowest BCUT2D eigenvalue weighted by molar-refractivity contribution is -0.164. The minimum Gasteiger partial charge on any atom is -0.481 e. The Hall–Kier alpha value is -3.00. The van der Waals surface area contributed by atoms with Crippen molar-refractivity contribution in [3.05, 3.63) is 59.7 Å². The highest BCUT2D eigenvalue weighted by Crippen LogP contribution is 2.44. The summed E-state index contributed by atoms with van der Waals surface area (Å²) in [5.41, 5.74) is 3.61. The highest BCUT2D eigenvalue weighted by molar-refractivity contribution is 7.98. The van der Waals surface area contributed by atoms with Crippen molar-refractivity contribution in [2.24, 2.45) is 5.41 Å². The van der Waals surface area contributed by atoms with Crippen LogP contribution in [0.1, 0.15) is 30.4 Å². The predicted octanol–water partition coefficient (Wildman–Crippen LogP) is 3.58. The summed E-state index contributed by atoms with van der Waals surface area (Å²) in [5, 5.41) is 12.0. The van der Waals surface area contributed by atoms with Crippen LogP contribution in [0.25, 0.3) is 11.1 Å². The summed E-state index contributed by atoms with van der Waals surface area (Å²) in [6.07, 6.45) is 1.74. The largest absolute Gasteiger partial charge is 0.481 e. The van der Waals surface area contributed by atoms with Gasteiger partial charge in [0.1, 0.15) is 12.6 Å². The summed E-state index contributed by atoms with van der Waals surface area (Å²) in [7, 11) is 0. The van der Waals surface area contributed by atoms with Gasteiger partial charge in [0.2, 0.25) is 5.91 Å². The van der Waals surface area contributed by atoms with Gasteiger partial charge in [0, 0.05) is 19.0 Å². The number of hydrogen-bond donors (Lipinski definition) is 2. The number of ether oxygens (including phenoxy) is 1. The molecule has 0 aromatic heterocycles. The van der Waals surface area contributed by atoms with Gasteiger partial charge in [-0.2, -0.15) is 11.8 Å². The summed E-state index contributed by atoms with van der Waals surface area (Å²) >= 11 is 1.58. The summed E-state index contributed by atoms with van der Waals surface area (Å²) in [6.45, 7) is 2.08. The first-order chi connectivity index (χ1) is 15.8. The number of thioether (sulfide) groups is 1. The molecule has 33 heavy (non-hydrogen) atoms. The van der Waals surface area contributed by atoms with E-state index in [-0.39, 0.29) is 31.5 Å². The number of carbonyl (C=O) groups excluding carboxylic acids is 2. The molecule has 0 bridgehead atoms. The van der Waals surface area contributed by atoms with E-state index in [1.807, 2.05) is 30.5 Å². The molecule has 0 spiro atoms. The van der Waals surface area contributed by atoms with E-state index in [4.69, 9.17) is 4.74 Å². The normalized spacial score (nSPS) is 16.8. The van der Waals surface area contributed by atoms with Gasteiger partial charge in [-0.3, -0.25) is 9.59 Å². The Morgan fingerprint density at radius 3 is 2.24 bits per heavy atom. The van der Waals surface area contributed by atoms with E-state index < -0.39 is 23.5 Å². The molecule has 1 atom stereocenters. The Morgan fingerprint density at radius 2 is 1.70 bits per heavy atom. The molecule has 0 radical (unpaired) electrons. The molecule has 1 fully saturated rings. The van der Waals surface area contributed by atoms with E-state index in [0.717, 1.165) is 22.3 Å². The molecule has 2 aromatic rings. The van der Waals surface area contributed by atoms with Crippen LogP contribution in [-0.4, -0.2) is 65.7 Å². The average Bonchev–Trinajstić information content (AvgIpc) is 3.11. The molecular weight excluding hydrogens is 440 g/mol. The van der Waals surface area contributed by atoms with Crippen molar-refractivity contribution in [1.82, 2.24) is 10.2 Å². The number of amides is 2. The first-order valence-corrected chi connectivity index (χ1v) is 12.4. The molecule has 8 heteroatoms. The van der Waals surface area contributed by atoms with Crippen LogP contribution in [-0.2, 0) is 14.3 Å². The van der Waals surface area contributed by atoms with Gasteiger partial charge in [0.05, 0.1) is 5.41 Å². The van der Waals surface area contributed by atoms with Gasteiger partial charge in [-0.1, -0.05) is 48.5 Å². The van der Waals surface area contributed by atoms with Gasteiger partial charge >= 0.3 is 12.1 Å². The highest BCUT2D eigenvalue weighted by Gasteiger charge is 2.48. The molecule has 7 nitrogen and oxygen atoms in total. The lowest BCUT2D eigenvalue weighted by Gasteiger charge is -2.46. The van der Waals surface area contributed by atoms with Crippen molar-refractivity contribution in [3.63, 3.8) is 0 Å². The van der Waals surface area contributed by atoms with Crippen LogP contribution in [0.2, 0.25) is 0 Å². The second-order valence-electron chi connectivity index (χ2n) is 8.86. The lowest BCUT2D eigenvalue weighted by Crippen LogP contribution is -2.64. The zero-order valence-electron chi connectivity index (χ0n) is 18.7. The third kappa shape index (κ3) is 4.57. The van der Waals surface area contributed by atoms with Gasteiger partial charge < -0.3 is 20.1 Å². The fourth-order valence-electron chi connectivity index (χ4n) is 4.58. The summed E-state index contributed by atoms with van der Waals surface area (Å²) in [4.78, 5) is 38.4. The molecule has 0 saturated carbocycles. The third-order valence-electron chi connectivity index (χ3n) is 6.45. The van der Waals surface area contributed by atoms with E-state index >= 15 is 0 Å². The van der Waals surface area contributed by atoms with Crippen LogP contribution in [0.4, 0.5) is 4.79 Å². The number of aliphatic carboxylic acids is 1. The number of carbonyl (C=O) groups is 3. The van der Waals surface area contributed by atoms with Crippen molar-refractivity contribution in [2.75, 3.05) is 31.7 Å². The topological polar surface area (TPSA) is 95.9 Å². The molecule has 174 valence electrons. The number of hydrogen-bond acceptors (Lipinski definition) is 5. The smallest absolute Gasteiger partial charge is 0.407 e. The average molecular weight is 469 g/mol. The van der Waals surface area contributed by atoms with Crippen LogP contribution in [0, 0.1) is 5.41 Å². The van der Waals surface area contributed by atoms with Crippen molar-refractivity contribution in [3.8, 4) is 11.1 Å². The second kappa shape index (κ2) is 9.47. The maximum Gasteiger partial charge on any atom is 0.407 e. The number of nitrogens with one attached hydrogen (secondary N) is 1. The lowest BCUT2D eigenvalue weighted by atomic mass is 9.81.